The van der Waals surface area contributed by atoms with Crippen LogP contribution >= 0.6 is 11.6 Å². The lowest BCUT2D eigenvalue weighted by molar-refractivity contribution is 0.152. The number of nitrogens with zero attached hydrogens (tertiary/aromatic N) is 2. The highest BCUT2D eigenvalue weighted by molar-refractivity contribution is 6.30. The summed E-state index contributed by atoms with van der Waals surface area (Å²) in [6, 6.07) is 6.33. The van der Waals surface area contributed by atoms with Gasteiger partial charge in [-0.15, -0.1) is 0 Å². The van der Waals surface area contributed by atoms with Crippen molar-refractivity contribution in [2.75, 3.05) is 52.9 Å². The van der Waals surface area contributed by atoms with Crippen LogP contribution in [0.1, 0.15) is 30.9 Å². The van der Waals surface area contributed by atoms with E-state index in [4.69, 9.17) is 16.3 Å². The summed E-state index contributed by atoms with van der Waals surface area (Å²) in [5.41, 5.74) is 1.22. The van der Waals surface area contributed by atoms with Crippen LogP contribution in [0.2, 0.25) is 5.02 Å². The standard InChI is InChI=1S/C18H28ClN3O/c1-21-9-11-22(12-10-21)8-3-7-20-17-4-2-13-23-18-6-5-15(19)14-16(17)18/h5-6,14,17,20H,2-4,7-13H2,1H3/t17-/m0/s1. The first-order valence-electron chi connectivity index (χ1n) is 8.79. The van der Waals surface area contributed by atoms with Crippen molar-refractivity contribution in [2.24, 2.45) is 0 Å². The predicted molar refractivity (Wildman–Crippen MR) is 95.5 cm³/mol. The van der Waals surface area contributed by atoms with Gasteiger partial charge in [0.2, 0.25) is 0 Å². The number of benzene rings is 1. The maximum atomic E-state index is 6.18. The Labute approximate surface area is 144 Å². The zero-order valence-electron chi connectivity index (χ0n) is 14.1. The van der Waals surface area contributed by atoms with Crippen molar-refractivity contribution in [3.63, 3.8) is 0 Å². The molecule has 2 heterocycles. The summed E-state index contributed by atoms with van der Waals surface area (Å²) in [5.74, 6) is 0.989. The van der Waals surface area contributed by atoms with Crippen LogP contribution in [0, 0.1) is 0 Å². The molecule has 128 valence electrons. The highest BCUT2D eigenvalue weighted by atomic mass is 35.5. The van der Waals surface area contributed by atoms with Crippen LogP contribution in [0.4, 0.5) is 0 Å². The van der Waals surface area contributed by atoms with E-state index in [0.717, 1.165) is 36.8 Å². The predicted octanol–water partition coefficient (Wildman–Crippen LogP) is 2.78. The van der Waals surface area contributed by atoms with Crippen molar-refractivity contribution in [3.05, 3.63) is 28.8 Å². The van der Waals surface area contributed by atoms with Crippen LogP contribution in [0.3, 0.4) is 0 Å². The van der Waals surface area contributed by atoms with E-state index in [1.54, 1.807) is 0 Å². The number of nitrogens with one attached hydrogen (secondary N) is 1. The lowest BCUT2D eigenvalue weighted by Crippen LogP contribution is -2.45. The van der Waals surface area contributed by atoms with E-state index in [-0.39, 0.29) is 0 Å². The minimum Gasteiger partial charge on any atom is -0.493 e. The van der Waals surface area contributed by atoms with E-state index in [9.17, 15) is 0 Å². The van der Waals surface area contributed by atoms with Crippen molar-refractivity contribution in [3.8, 4) is 5.75 Å². The number of likely N-dealkylation sites (N-methyl/N-ethyl adjacent to an activating group) is 1. The van der Waals surface area contributed by atoms with Gasteiger partial charge in [0.15, 0.2) is 0 Å². The number of ether oxygens (including phenoxy) is 1. The molecule has 0 bridgehead atoms. The molecule has 1 fully saturated rings. The molecule has 0 amide bonds. The Kier molecular flexibility index (Phi) is 6.17. The second-order valence-corrected chi connectivity index (χ2v) is 7.11. The van der Waals surface area contributed by atoms with Crippen LogP contribution in [-0.4, -0.2) is 62.7 Å². The van der Waals surface area contributed by atoms with Gasteiger partial charge in [-0.3, -0.25) is 0 Å². The van der Waals surface area contributed by atoms with Crippen molar-refractivity contribution in [2.45, 2.75) is 25.3 Å². The van der Waals surface area contributed by atoms with Crippen molar-refractivity contribution >= 4 is 11.6 Å². The van der Waals surface area contributed by atoms with Gasteiger partial charge in [-0.25, -0.2) is 0 Å². The molecule has 2 aliphatic heterocycles. The van der Waals surface area contributed by atoms with E-state index < -0.39 is 0 Å². The number of rotatable bonds is 5. The molecular formula is C18H28ClN3O. The van der Waals surface area contributed by atoms with Crippen LogP contribution in [-0.2, 0) is 0 Å². The zero-order chi connectivity index (χ0) is 16.1. The maximum absolute atomic E-state index is 6.18. The third kappa shape index (κ3) is 4.83. The summed E-state index contributed by atoms with van der Waals surface area (Å²) < 4.78 is 5.83. The Hall–Kier alpha value is -0.810. The summed E-state index contributed by atoms with van der Waals surface area (Å²) in [6.07, 6.45) is 3.39. The molecule has 0 saturated carbocycles. The van der Waals surface area contributed by atoms with Crippen LogP contribution in [0.25, 0.3) is 0 Å². The number of hydrogen-bond donors (Lipinski definition) is 1. The minimum absolute atomic E-state index is 0.360. The first-order chi connectivity index (χ1) is 11.2. The van der Waals surface area contributed by atoms with Crippen LogP contribution < -0.4 is 10.1 Å². The van der Waals surface area contributed by atoms with E-state index in [2.05, 4.69) is 28.2 Å². The topological polar surface area (TPSA) is 27.7 Å². The molecule has 0 spiro atoms. The van der Waals surface area contributed by atoms with Gasteiger partial charge in [-0.1, -0.05) is 11.6 Å². The number of fused-ring (bicyclic) bond motifs is 1. The fourth-order valence-corrected chi connectivity index (χ4v) is 3.59. The van der Waals surface area contributed by atoms with Crippen molar-refractivity contribution in [1.82, 2.24) is 15.1 Å². The average molecular weight is 338 g/mol. The molecule has 2 aliphatic rings. The van der Waals surface area contributed by atoms with Crippen LogP contribution in [0.5, 0.6) is 5.75 Å². The molecule has 0 radical (unpaired) electrons. The third-order valence-electron chi connectivity index (χ3n) is 4.88. The average Bonchev–Trinajstić information content (AvgIpc) is 2.75. The monoisotopic (exact) mass is 337 g/mol. The summed E-state index contributed by atoms with van der Waals surface area (Å²) in [4.78, 5) is 4.98. The van der Waals surface area contributed by atoms with Gasteiger partial charge in [-0.2, -0.15) is 0 Å². The van der Waals surface area contributed by atoms with Crippen molar-refractivity contribution in [1.29, 1.82) is 0 Å². The fraction of sp³-hybridized carbons (Fsp3) is 0.667. The molecule has 5 heteroatoms. The molecule has 1 aromatic carbocycles. The lowest BCUT2D eigenvalue weighted by atomic mass is 10.0. The van der Waals surface area contributed by atoms with Gasteiger partial charge in [0.05, 0.1) is 6.61 Å². The molecule has 1 saturated heterocycles. The zero-order valence-corrected chi connectivity index (χ0v) is 14.8. The fourth-order valence-electron chi connectivity index (χ4n) is 3.41. The molecule has 1 aromatic rings. The second-order valence-electron chi connectivity index (χ2n) is 6.68. The van der Waals surface area contributed by atoms with E-state index in [0.29, 0.717) is 6.04 Å². The maximum Gasteiger partial charge on any atom is 0.124 e. The molecule has 1 atom stereocenters. The van der Waals surface area contributed by atoms with Gasteiger partial charge in [-0.05, 0) is 57.6 Å². The molecule has 0 unspecified atom stereocenters. The van der Waals surface area contributed by atoms with E-state index in [1.807, 2.05) is 12.1 Å². The highest BCUT2D eigenvalue weighted by Crippen LogP contribution is 2.33. The van der Waals surface area contributed by atoms with E-state index in [1.165, 1.54) is 44.7 Å². The Morgan fingerprint density at radius 2 is 2.09 bits per heavy atom. The lowest BCUT2D eigenvalue weighted by Gasteiger charge is -2.32. The normalized spacial score (nSPS) is 23.1. The largest absolute Gasteiger partial charge is 0.493 e. The van der Waals surface area contributed by atoms with Gasteiger partial charge in [0, 0.05) is 42.8 Å². The number of hydrogen-bond acceptors (Lipinski definition) is 4. The Morgan fingerprint density at radius 1 is 1.26 bits per heavy atom. The molecule has 4 nitrogen and oxygen atoms in total. The second kappa shape index (κ2) is 8.34. The molecular weight excluding hydrogens is 310 g/mol. The third-order valence-corrected chi connectivity index (χ3v) is 5.11. The van der Waals surface area contributed by atoms with Gasteiger partial charge < -0.3 is 19.9 Å². The molecule has 0 aromatic heterocycles. The molecule has 0 aliphatic carbocycles. The summed E-state index contributed by atoms with van der Waals surface area (Å²) >= 11 is 6.18. The Balaban J connectivity index is 1.47. The summed E-state index contributed by atoms with van der Waals surface area (Å²) in [5, 5.41) is 4.51. The van der Waals surface area contributed by atoms with E-state index >= 15 is 0 Å². The minimum atomic E-state index is 0.360. The molecule has 23 heavy (non-hydrogen) atoms. The SMILES string of the molecule is CN1CCN(CCCN[C@H]2CCCOc3ccc(Cl)cc32)CC1. The highest BCUT2D eigenvalue weighted by Gasteiger charge is 2.20. The summed E-state index contributed by atoms with van der Waals surface area (Å²) in [6.45, 7) is 7.82. The molecule has 1 N–H and O–H groups in total. The Morgan fingerprint density at radius 3 is 2.91 bits per heavy atom. The molecule has 3 rings (SSSR count). The van der Waals surface area contributed by atoms with Crippen LogP contribution in [0.15, 0.2) is 18.2 Å². The first-order valence-corrected chi connectivity index (χ1v) is 9.17. The van der Waals surface area contributed by atoms with Gasteiger partial charge in [0.1, 0.15) is 5.75 Å². The smallest absolute Gasteiger partial charge is 0.124 e. The quantitative estimate of drug-likeness (QED) is 0.836. The number of piperazine rings is 1. The van der Waals surface area contributed by atoms with Crippen molar-refractivity contribution < 1.29 is 4.74 Å². The first kappa shape index (κ1) is 17.0. The summed E-state index contributed by atoms with van der Waals surface area (Å²) in [7, 11) is 2.20. The Bertz CT molecular complexity index is 503. The van der Waals surface area contributed by atoms with Gasteiger partial charge in [0.25, 0.3) is 0 Å². The van der Waals surface area contributed by atoms with Gasteiger partial charge >= 0.3 is 0 Å². The number of halogens is 1.